The first-order valence-corrected chi connectivity index (χ1v) is 6.43. The van der Waals surface area contributed by atoms with Crippen LogP contribution in [-0.4, -0.2) is 16.5 Å². The van der Waals surface area contributed by atoms with Crippen molar-refractivity contribution in [3.8, 4) is 0 Å². The molecule has 0 unspecified atom stereocenters. The van der Waals surface area contributed by atoms with Crippen molar-refractivity contribution < 1.29 is 0 Å². The van der Waals surface area contributed by atoms with Gasteiger partial charge >= 0.3 is 0 Å². The molecule has 3 nitrogen and oxygen atoms in total. The minimum absolute atomic E-state index is 0.779. The molecule has 3 N–H and O–H groups in total. The summed E-state index contributed by atoms with van der Waals surface area (Å²) in [6.45, 7) is 0.779. The Kier molecular flexibility index (Phi) is 2.99. The summed E-state index contributed by atoms with van der Waals surface area (Å²) in [7, 11) is 0. The monoisotopic (exact) mass is 239 g/mol. The van der Waals surface area contributed by atoms with Crippen LogP contribution < -0.4 is 5.73 Å². The summed E-state index contributed by atoms with van der Waals surface area (Å²) in [5.41, 5.74) is 9.20. The molecule has 0 aliphatic rings. The molecule has 0 fully saturated rings. The van der Waals surface area contributed by atoms with Crippen LogP contribution in [0.2, 0.25) is 0 Å². The molecule has 0 radical (unpaired) electrons. The molecule has 0 atom stereocenters. The summed E-state index contributed by atoms with van der Waals surface area (Å²) in [5, 5.41) is 2.54. The fourth-order valence-electron chi connectivity index (χ4n) is 2.43. The summed E-state index contributed by atoms with van der Waals surface area (Å²) in [5.74, 6) is 0. The predicted molar refractivity (Wildman–Crippen MR) is 75.6 cm³/mol. The second kappa shape index (κ2) is 4.78. The molecule has 92 valence electrons. The molecule has 3 heteroatoms. The van der Waals surface area contributed by atoms with Gasteiger partial charge in [-0.1, -0.05) is 6.07 Å². The molecule has 2 heterocycles. The van der Waals surface area contributed by atoms with Crippen molar-refractivity contribution in [2.75, 3.05) is 6.54 Å². The molecule has 18 heavy (non-hydrogen) atoms. The Hall–Kier alpha value is -1.87. The Morgan fingerprint density at radius 1 is 1.06 bits per heavy atom. The van der Waals surface area contributed by atoms with E-state index < -0.39 is 0 Å². The van der Waals surface area contributed by atoms with E-state index in [0.29, 0.717) is 0 Å². The number of benzene rings is 1. The van der Waals surface area contributed by atoms with Gasteiger partial charge in [0, 0.05) is 22.5 Å². The molecule has 0 aliphatic carbocycles. The quantitative estimate of drug-likeness (QED) is 0.688. The zero-order valence-corrected chi connectivity index (χ0v) is 10.3. The first-order chi connectivity index (χ1) is 8.88. The van der Waals surface area contributed by atoms with Gasteiger partial charge in [-0.2, -0.15) is 0 Å². The van der Waals surface area contributed by atoms with E-state index in [0.717, 1.165) is 31.3 Å². The third-order valence-corrected chi connectivity index (χ3v) is 3.38. The van der Waals surface area contributed by atoms with Gasteiger partial charge in [-0.3, -0.25) is 4.98 Å². The van der Waals surface area contributed by atoms with E-state index in [1.54, 1.807) is 0 Å². The highest BCUT2D eigenvalue weighted by Crippen LogP contribution is 2.25. The van der Waals surface area contributed by atoms with Crippen molar-refractivity contribution in [3.63, 3.8) is 0 Å². The second-order valence-electron chi connectivity index (χ2n) is 4.67. The average molecular weight is 239 g/mol. The lowest BCUT2D eigenvalue weighted by Gasteiger charge is -2.01. The van der Waals surface area contributed by atoms with Gasteiger partial charge in [0.05, 0.1) is 11.7 Å². The number of hydrogen-bond acceptors (Lipinski definition) is 2. The van der Waals surface area contributed by atoms with E-state index in [1.807, 2.05) is 12.4 Å². The molecular formula is C15H17N3. The van der Waals surface area contributed by atoms with Crippen LogP contribution in [-0.2, 0) is 6.42 Å². The lowest BCUT2D eigenvalue weighted by molar-refractivity contribution is 0.745. The standard InChI is InChI=1S/C15H17N3/c16-7-2-1-3-11-4-5-14-13(9-11)12-6-8-17-10-15(12)18-14/h4-6,8-10,18H,1-3,7,16H2. The van der Waals surface area contributed by atoms with E-state index in [2.05, 4.69) is 34.2 Å². The van der Waals surface area contributed by atoms with E-state index in [-0.39, 0.29) is 0 Å². The van der Waals surface area contributed by atoms with Crippen LogP contribution in [0.15, 0.2) is 36.7 Å². The highest BCUT2D eigenvalue weighted by atomic mass is 14.7. The largest absolute Gasteiger partial charge is 0.353 e. The Balaban J connectivity index is 2.02. The molecule has 1 aromatic carbocycles. The number of aromatic nitrogens is 2. The molecule has 0 saturated carbocycles. The molecular weight excluding hydrogens is 222 g/mol. The van der Waals surface area contributed by atoms with Crippen LogP contribution in [0, 0.1) is 0 Å². The Labute approximate surface area is 106 Å². The van der Waals surface area contributed by atoms with Gasteiger partial charge in [0.1, 0.15) is 0 Å². The van der Waals surface area contributed by atoms with E-state index in [4.69, 9.17) is 5.73 Å². The summed E-state index contributed by atoms with van der Waals surface area (Å²) >= 11 is 0. The topological polar surface area (TPSA) is 54.7 Å². The number of rotatable bonds is 4. The second-order valence-corrected chi connectivity index (χ2v) is 4.67. The van der Waals surface area contributed by atoms with Gasteiger partial charge in [-0.15, -0.1) is 0 Å². The normalized spacial score (nSPS) is 11.4. The van der Waals surface area contributed by atoms with Gasteiger partial charge < -0.3 is 10.7 Å². The average Bonchev–Trinajstić information content (AvgIpc) is 2.77. The van der Waals surface area contributed by atoms with Crippen LogP contribution in [0.4, 0.5) is 0 Å². The zero-order chi connectivity index (χ0) is 12.4. The number of hydrogen-bond donors (Lipinski definition) is 2. The fraction of sp³-hybridized carbons (Fsp3) is 0.267. The number of fused-ring (bicyclic) bond motifs is 3. The van der Waals surface area contributed by atoms with Crippen molar-refractivity contribution in [1.82, 2.24) is 9.97 Å². The Bertz CT molecular complexity index is 670. The third kappa shape index (κ3) is 1.97. The summed E-state index contributed by atoms with van der Waals surface area (Å²) < 4.78 is 0. The number of pyridine rings is 1. The summed E-state index contributed by atoms with van der Waals surface area (Å²) in [4.78, 5) is 7.54. The van der Waals surface area contributed by atoms with E-state index in [1.165, 1.54) is 21.9 Å². The maximum Gasteiger partial charge on any atom is 0.0651 e. The van der Waals surface area contributed by atoms with Gasteiger partial charge in [-0.25, -0.2) is 0 Å². The number of nitrogens with one attached hydrogen (secondary N) is 1. The maximum absolute atomic E-state index is 5.53. The molecule has 2 aromatic heterocycles. The first kappa shape index (κ1) is 11.2. The minimum atomic E-state index is 0.779. The fourth-order valence-corrected chi connectivity index (χ4v) is 2.43. The number of unbranched alkanes of at least 4 members (excludes halogenated alkanes) is 1. The van der Waals surface area contributed by atoms with Gasteiger partial charge in [0.15, 0.2) is 0 Å². The smallest absolute Gasteiger partial charge is 0.0651 e. The van der Waals surface area contributed by atoms with Crippen molar-refractivity contribution >= 4 is 21.8 Å². The van der Waals surface area contributed by atoms with E-state index >= 15 is 0 Å². The Morgan fingerprint density at radius 3 is 2.89 bits per heavy atom. The maximum atomic E-state index is 5.53. The molecule has 3 aromatic rings. The van der Waals surface area contributed by atoms with Gasteiger partial charge in [0.25, 0.3) is 0 Å². The summed E-state index contributed by atoms with van der Waals surface area (Å²) in [6.07, 6.45) is 7.08. The highest BCUT2D eigenvalue weighted by Gasteiger charge is 2.04. The van der Waals surface area contributed by atoms with Crippen LogP contribution in [0.1, 0.15) is 18.4 Å². The number of aryl methyl sites for hydroxylation is 1. The SMILES string of the molecule is NCCCCc1ccc2[nH]c3cnccc3c2c1. The number of aromatic amines is 1. The lowest BCUT2D eigenvalue weighted by atomic mass is 10.1. The highest BCUT2D eigenvalue weighted by molar-refractivity contribution is 6.06. The van der Waals surface area contributed by atoms with Crippen molar-refractivity contribution in [2.45, 2.75) is 19.3 Å². The predicted octanol–water partition coefficient (Wildman–Crippen LogP) is 3.00. The Morgan fingerprint density at radius 2 is 2.00 bits per heavy atom. The number of nitrogens with zero attached hydrogens (tertiary/aromatic N) is 1. The molecule has 3 rings (SSSR count). The summed E-state index contributed by atoms with van der Waals surface area (Å²) in [6, 6.07) is 8.71. The third-order valence-electron chi connectivity index (χ3n) is 3.38. The molecule has 0 saturated heterocycles. The lowest BCUT2D eigenvalue weighted by Crippen LogP contribution is -1.98. The van der Waals surface area contributed by atoms with Crippen molar-refractivity contribution in [1.29, 1.82) is 0 Å². The number of H-pyrrole nitrogens is 1. The van der Waals surface area contributed by atoms with Gasteiger partial charge in [-0.05, 0) is 49.6 Å². The van der Waals surface area contributed by atoms with Crippen LogP contribution in [0.5, 0.6) is 0 Å². The van der Waals surface area contributed by atoms with Crippen molar-refractivity contribution in [3.05, 3.63) is 42.2 Å². The van der Waals surface area contributed by atoms with Crippen molar-refractivity contribution in [2.24, 2.45) is 5.73 Å². The van der Waals surface area contributed by atoms with Crippen LogP contribution >= 0.6 is 0 Å². The molecule has 0 aliphatic heterocycles. The molecule has 0 spiro atoms. The van der Waals surface area contributed by atoms with Gasteiger partial charge in [0.2, 0.25) is 0 Å². The minimum Gasteiger partial charge on any atom is -0.353 e. The van der Waals surface area contributed by atoms with Crippen LogP contribution in [0.3, 0.4) is 0 Å². The molecule has 0 amide bonds. The first-order valence-electron chi connectivity index (χ1n) is 6.43. The number of nitrogens with two attached hydrogens (primary N) is 1. The van der Waals surface area contributed by atoms with E-state index in [9.17, 15) is 0 Å². The van der Waals surface area contributed by atoms with Crippen LogP contribution in [0.25, 0.3) is 21.8 Å². The molecule has 0 bridgehead atoms. The zero-order valence-electron chi connectivity index (χ0n) is 10.3.